The Balaban J connectivity index is 0.00000280. The summed E-state index contributed by atoms with van der Waals surface area (Å²) in [5.41, 5.74) is 0.834. The molecule has 1 aliphatic rings. The van der Waals surface area contributed by atoms with Gasteiger partial charge in [-0.05, 0) is 37.6 Å². The zero-order chi connectivity index (χ0) is 18.9. The first-order valence-electron chi connectivity index (χ1n) is 9.34. The maximum absolute atomic E-state index is 12.2. The lowest BCUT2D eigenvalue weighted by molar-refractivity contribution is -0.121. The van der Waals surface area contributed by atoms with Gasteiger partial charge in [-0.25, -0.2) is 0 Å². The largest absolute Gasteiger partial charge is 0.482 e. The zero-order valence-electron chi connectivity index (χ0n) is 16.0. The summed E-state index contributed by atoms with van der Waals surface area (Å²) in [6.45, 7) is 4.91. The Hall–Kier alpha value is -2.23. The van der Waals surface area contributed by atoms with E-state index in [4.69, 9.17) is 9.15 Å². The van der Waals surface area contributed by atoms with Crippen molar-refractivity contribution < 1.29 is 13.9 Å². The van der Waals surface area contributed by atoms with Crippen molar-refractivity contribution in [1.29, 1.82) is 0 Å². The maximum Gasteiger partial charge on any atom is 0.265 e. The molecule has 7 nitrogen and oxygen atoms in total. The maximum atomic E-state index is 12.2. The van der Waals surface area contributed by atoms with E-state index in [0.29, 0.717) is 13.1 Å². The van der Waals surface area contributed by atoms with Gasteiger partial charge in [0.2, 0.25) is 0 Å². The number of furan rings is 1. The summed E-state index contributed by atoms with van der Waals surface area (Å²) in [5, 5.41) is 6.53. The van der Waals surface area contributed by atoms with Crippen LogP contribution in [0.15, 0.2) is 52.1 Å². The van der Waals surface area contributed by atoms with E-state index in [1.807, 2.05) is 43.3 Å². The summed E-state index contributed by atoms with van der Waals surface area (Å²) < 4.78 is 10.8. The number of hydrogen-bond acceptors (Lipinski definition) is 4. The molecule has 0 radical (unpaired) electrons. The van der Waals surface area contributed by atoms with E-state index in [9.17, 15) is 4.79 Å². The number of ether oxygens (including phenoxy) is 1. The third kappa shape index (κ3) is 6.15. The molecule has 1 amide bonds. The fourth-order valence-electron chi connectivity index (χ4n) is 2.92. The summed E-state index contributed by atoms with van der Waals surface area (Å²) >= 11 is 0. The first-order chi connectivity index (χ1) is 13.3. The Morgan fingerprint density at radius 2 is 2.07 bits per heavy atom. The minimum atomic E-state index is -0.0128. The van der Waals surface area contributed by atoms with Crippen molar-refractivity contribution in [2.75, 3.05) is 37.7 Å². The number of nitrogens with one attached hydrogen (secondary N) is 2. The first-order valence-corrected chi connectivity index (χ1v) is 9.34. The molecule has 28 heavy (non-hydrogen) atoms. The predicted molar refractivity (Wildman–Crippen MR) is 121 cm³/mol. The minimum absolute atomic E-state index is 0. The number of carbonyl (C=O) groups excluding carboxylic acids is 1. The molecule has 1 aromatic heterocycles. The van der Waals surface area contributed by atoms with Crippen molar-refractivity contribution in [3.05, 3.63) is 48.4 Å². The van der Waals surface area contributed by atoms with Gasteiger partial charge in [-0.3, -0.25) is 9.79 Å². The molecule has 3 rings (SSSR count). The number of para-hydroxylation sites is 2. The van der Waals surface area contributed by atoms with Crippen molar-refractivity contribution in [2.45, 2.75) is 19.8 Å². The fourth-order valence-corrected chi connectivity index (χ4v) is 2.92. The highest BCUT2D eigenvalue weighted by Crippen LogP contribution is 2.31. The molecular weight excluding hydrogens is 471 g/mol. The second-order valence-electron chi connectivity index (χ2n) is 6.17. The molecule has 1 aromatic carbocycles. The van der Waals surface area contributed by atoms with Gasteiger partial charge in [0.25, 0.3) is 5.91 Å². The quantitative estimate of drug-likeness (QED) is 0.253. The van der Waals surface area contributed by atoms with E-state index in [2.05, 4.69) is 15.6 Å². The lowest BCUT2D eigenvalue weighted by Crippen LogP contribution is -2.40. The zero-order valence-corrected chi connectivity index (χ0v) is 18.3. The molecule has 0 saturated carbocycles. The van der Waals surface area contributed by atoms with E-state index in [0.717, 1.165) is 49.1 Å². The van der Waals surface area contributed by atoms with Crippen LogP contribution in [-0.2, 0) is 11.2 Å². The van der Waals surface area contributed by atoms with Crippen LogP contribution < -0.4 is 20.3 Å². The Morgan fingerprint density at radius 1 is 1.21 bits per heavy atom. The average Bonchev–Trinajstić information content (AvgIpc) is 3.20. The summed E-state index contributed by atoms with van der Waals surface area (Å²) in [5.74, 6) is 2.47. The molecule has 1 aliphatic heterocycles. The molecule has 152 valence electrons. The monoisotopic (exact) mass is 498 g/mol. The molecule has 0 saturated heterocycles. The number of rotatable bonds is 8. The molecule has 2 aromatic rings. The standard InChI is InChI=1S/C20H26N4O3.HI/c1-2-21-20(23-12-10-16-7-5-14-26-16)22-11-6-13-24-17-8-3-4-9-18(17)27-15-19(24)25;/h3-5,7-9,14H,2,6,10-13,15H2,1H3,(H2,21,22,23);1H. The predicted octanol–water partition coefficient (Wildman–Crippen LogP) is 2.81. The lowest BCUT2D eigenvalue weighted by atomic mass is 10.2. The summed E-state index contributed by atoms with van der Waals surface area (Å²) in [6.07, 6.45) is 3.25. The number of aliphatic imine (C=N–C) groups is 1. The van der Waals surface area contributed by atoms with E-state index >= 15 is 0 Å². The van der Waals surface area contributed by atoms with Crippen LogP contribution in [0.1, 0.15) is 19.1 Å². The van der Waals surface area contributed by atoms with Crippen LogP contribution in [0.2, 0.25) is 0 Å². The van der Waals surface area contributed by atoms with Crippen LogP contribution in [-0.4, -0.2) is 44.7 Å². The Kier molecular flexibility index (Phi) is 9.12. The van der Waals surface area contributed by atoms with Crippen LogP contribution in [0.3, 0.4) is 0 Å². The molecule has 0 aliphatic carbocycles. The van der Waals surface area contributed by atoms with E-state index in [-0.39, 0.29) is 36.5 Å². The van der Waals surface area contributed by atoms with Gasteiger partial charge in [0, 0.05) is 32.6 Å². The van der Waals surface area contributed by atoms with Gasteiger partial charge in [0.05, 0.1) is 12.0 Å². The van der Waals surface area contributed by atoms with Crippen molar-refractivity contribution in [3.63, 3.8) is 0 Å². The Labute approximate surface area is 182 Å². The summed E-state index contributed by atoms with van der Waals surface area (Å²) in [4.78, 5) is 18.5. The molecule has 0 atom stereocenters. The van der Waals surface area contributed by atoms with Crippen LogP contribution in [0, 0.1) is 0 Å². The van der Waals surface area contributed by atoms with Crippen molar-refractivity contribution in [1.82, 2.24) is 10.6 Å². The number of carbonyl (C=O) groups is 1. The lowest BCUT2D eigenvalue weighted by Gasteiger charge is -2.29. The van der Waals surface area contributed by atoms with Gasteiger partial charge in [-0.1, -0.05) is 12.1 Å². The Morgan fingerprint density at radius 3 is 2.86 bits per heavy atom. The van der Waals surface area contributed by atoms with Crippen LogP contribution in [0.5, 0.6) is 5.75 Å². The third-order valence-electron chi connectivity index (χ3n) is 4.21. The highest BCUT2D eigenvalue weighted by Gasteiger charge is 2.24. The highest BCUT2D eigenvalue weighted by molar-refractivity contribution is 14.0. The minimum Gasteiger partial charge on any atom is -0.482 e. The average molecular weight is 498 g/mol. The van der Waals surface area contributed by atoms with Gasteiger partial charge < -0.3 is 24.7 Å². The van der Waals surface area contributed by atoms with Crippen LogP contribution in [0.4, 0.5) is 5.69 Å². The first kappa shape index (κ1) is 22.1. The van der Waals surface area contributed by atoms with Gasteiger partial charge >= 0.3 is 0 Å². The Bertz CT molecular complexity index is 765. The second kappa shape index (κ2) is 11.6. The molecule has 0 fully saturated rings. The van der Waals surface area contributed by atoms with Gasteiger partial charge in [-0.15, -0.1) is 24.0 Å². The number of anilines is 1. The van der Waals surface area contributed by atoms with Gasteiger partial charge in [0.1, 0.15) is 11.5 Å². The molecule has 2 N–H and O–H groups in total. The van der Waals surface area contributed by atoms with Gasteiger partial charge in [-0.2, -0.15) is 0 Å². The number of benzene rings is 1. The van der Waals surface area contributed by atoms with Crippen molar-refractivity contribution >= 4 is 41.5 Å². The third-order valence-corrected chi connectivity index (χ3v) is 4.21. The number of guanidine groups is 1. The number of hydrogen-bond donors (Lipinski definition) is 2. The van der Waals surface area contributed by atoms with E-state index in [1.165, 1.54) is 0 Å². The van der Waals surface area contributed by atoms with E-state index < -0.39 is 0 Å². The van der Waals surface area contributed by atoms with Gasteiger partial charge in [0.15, 0.2) is 12.6 Å². The molecule has 8 heteroatoms. The van der Waals surface area contributed by atoms with E-state index in [1.54, 1.807) is 11.2 Å². The normalized spacial score (nSPS) is 13.4. The fraction of sp³-hybridized carbons (Fsp3) is 0.400. The molecule has 0 unspecified atom stereocenters. The van der Waals surface area contributed by atoms with Crippen LogP contribution in [0.25, 0.3) is 0 Å². The smallest absolute Gasteiger partial charge is 0.265 e. The molecule has 0 bridgehead atoms. The molecular formula is C20H27IN4O3. The number of amides is 1. The molecule has 0 spiro atoms. The number of nitrogens with zero attached hydrogens (tertiary/aromatic N) is 2. The summed E-state index contributed by atoms with van der Waals surface area (Å²) in [6, 6.07) is 11.5. The van der Waals surface area contributed by atoms with Crippen molar-refractivity contribution in [2.24, 2.45) is 4.99 Å². The number of fused-ring (bicyclic) bond motifs is 1. The summed E-state index contributed by atoms with van der Waals surface area (Å²) in [7, 11) is 0. The topological polar surface area (TPSA) is 79.1 Å². The molecule has 2 heterocycles. The number of halogens is 1. The SMILES string of the molecule is CCNC(=NCCCN1C(=O)COc2ccccc21)NCCc1ccco1.I. The van der Waals surface area contributed by atoms with Crippen LogP contribution >= 0.6 is 24.0 Å². The second-order valence-corrected chi connectivity index (χ2v) is 6.17. The highest BCUT2D eigenvalue weighted by atomic mass is 127. The van der Waals surface area contributed by atoms with Crippen molar-refractivity contribution in [3.8, 4) is 5.75 Å².